The summed E-state index contributed by atoms with van der Waals surface area (Å²) in [6.07, 6.45) is 2.76. The van der Waals surface area contributed by atoms with Gasteiger partial charge in [-0.3, -0.25) is 10.8 Å². The SMILES string of the molecule is CCCOCC(NN)c1ccccn1. The Hall–Kier alpha value is -0.970. The first kappa shape index (κ1) is 11.1. The highest BCUT2D eigenvalue weighted by Gasteiger charge is 2.09. The molecular formula is C10H17N3O. The topological polar surface area (TPSA) is 60.2 Å². The van der Waals surface area contributed by atoms with Crippen LogP contribution in [0.2, 0.25) is 0 Å². The molecule has 0 aliphatic carbocycles. The van der Waals surface area contributed by atoms with E-state index in [9.17, 15) is 0 Å². The average Bonchev–Trinajstić information content (AvgIpc) is 2.26. The maximum absolute atomic E-state index is 5.42. The molecule has 1 unspecified atom stereocenters. The van der Waals surface area contributed by atoms with Gasteiger partial charge < -0.3 is 4.74 Å². The predicted molar refractivity (Wildman–Crippen MR) is 55.4 cm³/mol. The summed E-state index contributed by atoms with van der Waals surface area (Å²) in [6, 6.07) is 5.72. The molecule has 1 aromatic rings. The second-order valence-electron chi connectivity index (χ2n) is 3.05. The number of rotatable bonds is 6. The molecule has 14 heavy (non-hydrogen) atoms. The lowest BCUT2D eigenvalue weighted by atomic mass is 10.2. The maximum atomic E-state index is 5.42. The Balaban J connectivity index is 2.46. The lowest BCUT2D eigenvalue weighted by molar-refractivity contribution is 0.111. The highest BCUT2D eigenvalue weighted by molar-refractivity contribution is 5.08. The van der Waals surface area contributed by atoms with E-state index in [0.29, 0.717) is 6.61 Å². The molecule has 0 bridgehead atoms. The molecule has 3 N–H and O–H groups in total. The van der Waals surface area contributed by atoms with Gasteiger partial charge in [0.15, 0.2) is 0 Å². The Kier molecular flexibility index (Phi) is 5.14. The third kappa shape index (κ3) is 3.41. The molecule has 0 saturated carbocycles. The number of nitrogens with zero attached hydrogens (tertiary/aromatic N) is 1. The summed E-state index contributed by atoms with van der Waals surface area (Å²) in [7, 11) is 0. The first-order chi connectivity index (χ1) is 6.88. The quantitative estimate of drug-likeness (QED) is 0.404. The van der Waals surface area contributed by atoms with Gasteiger partial charge in [-0.2, -0.15) is 0 Å². The number of hydrogen-bond donors (Lipinski definition) is 2. The molecule has 4 heteroatoms. The van der Waals surface area contributed by atoms with Crippen molar-refractivity contribution in [3.05, 3.63) is 30.1 Å². The molecule has 0 aromatic carbocycles. The van der Waals surface area contributed by atoms with Gasteiger partial charge in [-0.05, 0) is 18.6 Å². The molecule has 0 spiro atoms. The maximum Gasteiger partial charge on any atom is 0.0865 e. The lowest BCUT2D eigenvalue weighted by Gasteiger charge is -2.14. The van der Waals surface area contributed by atoms with E-state index in [0.717, 1.165) is 18.7 Å². The second kappa shape index (κ2) is 6.48. The van der Waals surface area contributed by atoms with Crippen molar-refractivity contribution in [1.82, 2.24) is 10.4 Å². The fraction of sp³-hybridized carbons (Fsp3) is 0.500. The normalized spacial score (nSPS) is 12.7. The lowest BCUT2D eigenvalue weighted by Crippen LogP contribution is -2.32. The molecular weight excluding hydrogens is 178 g/mol. The van der Waals surface area contributed by atoms with Crippen molar-refractivity contribution in [2.75, 3.05) is 13.2 Å². The van der Waals surface area contributed by atoms with Gasteiger partial charge in [-0.25, -0.2) is 5.43 Å². The van der Waals surface area contributed by atoms with Crippen LogP contribution in [0.1, 0.15) is 25.1 Å². The van der Waals surface area contributed by atoms with E-state index in [1.807, 2.05) is 18.2 Å². The number of hydrazine groups is 1. The smallest absolute Gasteiger partial charge is 0.0865 e. The van der Waals surface area contributed by atoms with Gasteiger partial charge in [0, 0.05) is 12.8 Å². The summed E-state index contributed by atoms with van der Waals surface area (Å²) in [4.78, 5) is 4.21. The Morgan fingerprint density at radius 2 is 2.43 bits per heavy atom. The second-order valence-corrected chi connectivity index (χ2v) is 3.05. The van der Waals surface area contributed by atoms with Crippen LogP contribution in [0.3, 0.4) is 0 Å². The Morgan fingerprint density at radius 1 is 1.57 bits per heavy atom. The van der Waals surface area contributed by atoms with E-state index in [4.69, 9.17) is 10.6 Å². The van der Waals surface area contributed by atoms with Gasteiger partial charge in [-0.15, -0.1) is 0 Å². The molecule has 0 aliphatic rings. The van der Waals surface area contributed by atoms with Crippen molar-refractivity contribution < 1.29 is 4.74 Å². The average molecular weight is 195 g/mol. The van der Waals surface area contributed by atoms with Gasteiger partial charge >= 0.3 is 0 Å². The Morgan fingerprint density at radius 3 is 3.00 bits per heavy atom. The number of pyridine rings is 1. The number of aromatic nitrogens is 1. The summed E-state index contributed by atoms with van der Waals surface area (Å²) in [6.45, 7) is 3.39. The first-order valence-corrected chi connectivity index (χ1v) is 4.83. The van der Waals surface area contributed by atoms with Crippen molar-refractivity contribution in [2.24, 2.45) is 5.84 Å². The van der Waals surface area contributed by atoms with Gasteiger partial charge in [0.25, 0.3) is 0 Å². The Bertz CT molecular complexity index is 240. The van der Waals surface area contributed by atoms with Crippen molar-refractivity contribution in [1.29, 1.82) is 0 Å². The largest absolute Gasteiger partial charge is 0.379 e. The summed E-state index contributed by atoms with van der Waals surface area (Å²) in [5.41, 5.74) is 3.60. The molecule has 1 heterocycles. The van der Waals surface area contributed by atoms with Gasteiger partial charge in [0.2, 0.25) is 0 Å². The van der Waals surface area contributed by atoms with Gasteiger partial charge in [-0.1, -0.05) is 13.0 Å². The molecule has 78 valence electrons. The molecule has 0 radical (unpaired) electrons. The molecule has 1 atom stereocenters. The van der Waals surface area contributed by atoms with Crippen LogP contribution < -0.4 is 11.3 Å². The van der Waals surface area contributed by atoms with Crippen LogP contribution in [0.25, 0.3) is 0 Å². The molecule has 1 rings (SSSR count). The van der Waals surface area contributed by atoms with Gasteiger partial charge in [0.1, 0.15) is 0 Å². The van der Waals surface area contributed by atoms with Crippen LogP contribution >= 0.6 is 0 Å². The first-order valence-electron chi connectivity index (χ1n) is 4.83. The minimum atomic E-state index is -0.0252. The molecule has 1 aromatic heterocycles. The molecule has 0 saturated heterocycles. The summed E-state index contributed by atoms with van der Waals surface area (Å²) >= 11 is 0. The fourth-order valence-electron chi connectivity index (χ4n) is 1.15. The molecule has 0 fully saturated rings. The minimum absolute atomic E-state index is 0.0252. The molecule has 0 aliphatic heterocycles. The highest BCUT2D eigenvalue weighted by atomic mass is 16.5. The summed E-state index contributed by atoms with van der Waals surface area (Å²) in [5.74, 6) is 5.42. The predicted octanol–water partition coefficient (Wildman–Crippen LogP) is 1.01. The number of ether oxygens (including phenoxy) is 1. The van der Waals surface area contributed by atoms with Crippen molar-refractivity contribution in [2.45, 2.75) is 19.4 Å². The van der Waals surface area contributed by atoms with Crippen LogP contribution in [-0.4, -0.2) is 18.2 Å². The highest BCUT2D eigenvalue weighted by Crippen LogP contribution is 2.08. The Labute approximate surface area is 84.4 Å². The third-order valence-corrected chi connectivity index (χ3v) is 1.88. The number of nitrogens with two attached hydrogens (primary N) is 1. The van der Waals surface area contributed by atoms with E-state index >= 15 is 0 Å². The molecule has 4 nitrogen and oxygen atoms in total. The van der Waals surface area contributed by atoms with E-state index < -0.39 is 0 Å². The van der Waals surface area contributed by atoms with Gasteiger partial charge in [0.05, 0.1) is 18.3 Å². The zero-order valence-electron chi connectivity index (χ0n) is 8.44. The van der Waals surface area contributed by atoms with E-state index in [1.54, 1.807) is 6.20 Å². The van der Waals surface area contributed by atoms with Crippen molar-refractivity contribution in [3.63, 3.8) is 0 Å². The third-order valence-electron chi connectivity index (χ3n) is 1.88. The molecule has 0 amide bonds. The summed E-state index contributed by atoms with van der Waals surface area (Å²) in [5, 5.41) is 0. The van der Waals surface area contributed by atoms with Crippen molar-refractivity contribution >= 4 is 0 Å². The summed E-state index contributed by atoms with van der Waals surface area (Å²) < 4.78 is 5.41. The number of hydrogen-bond acceptors (Lipinski definition) is 4. The van der Waals surface area contributed by atoms with Crippen LogP contribution in [0, 0.1) is 0 Å². The van der Waals surface area contributed by atoms with Crippen LogP contribution in [0.4, 0.5) is 0 Å². The zero-order chi connectivity index (χ0) is 10.2. The van der Waals surface area contributed by atoms with E-state index in [2.05, 4.69) is 17.3 Å². The number of nitrogens with one attached hydrogen (secondary N) is 1. The standard InChI is InChI=1S/C10H17N3O/c1-2-7-14-8-10(13-11)9-5-3-4-6-12-9/h3-6,10,13H,2,7-8,11H2,1H3. The van der Waals surface area contributed by atoms with Crippen LogP contribution in [0.5, 0.6) is 0 Å². The van der Waals surface area contributed by atoms with Crippen LogP contribution in [-0.2, 0) is 4.74 Å². The van der Waals surface area contributed by atoms with E-state index in [-0.39, 0.29) is 6.04 Å². The van der Waals surface area contributed by atoms with E-state index in [1.165, 1.54) is 0 Å². The zero-order valence-corrected chi connectivity index (χ0v) is 8.44. The minimum Gasteiger partial charge on any atom is -0.379 e. The monoisotopic (exact) mass is 195 g/mol. The van der Waals surface area contributed by atoms with Crippen molar-refractivity contribution in [3.8, 4) is 0 Å². The fourth-order valence-corrected chi connectivity index (χ4v) is 1.15. The van der Waals surface area contributed by atoms with Crippen LogP contribution in [0.15, 0.2) is 24.4 Å².